The largest absolute Gasteiger partial charge is 0.349 e. The van der Waals surface area contributed by atoms with Crippen LogP contribution in [0.2, 0.25) is 0 Å². The number of rotatable bonds is 2. The molecule has 3 aromatic heterocycles. The fourth-order valence-electron chi connectivity index (χ4n) is 2.64. The zero-order chi connectivity index (χ0) is 14.2. The van der Waals surface area contributed by atoms with Gasteiger partial charge in [0.25, 0.3) is 0 Å². The van der Waals surface area contributed by atoms with Gasteiger partial charge < -0.3 is 4.57 Å². The van der Waals surface area contributed by atoms with Gasteiger partial charge in [0.05, 0.1) is 11.2 Å². The Morgan fingerprint density at radius 1 is 1.00 bits per heavy atom. The van der Waals surface area contributed by atoms with E-state index >= 15 is 0 Å². The molecule has 0 atom stereocenters. The van der Waals surface area contributed by atoms with Crippen LogP contribution in [0.3, 0.4) is 0 Å². The summed E-state index contributed by atoms with van der Waals surface area (Å²) in [6.07, 6.45) is 5.66. The minimum atomic E-state index is 0.980. The predicted molar refractivity (Wildman–Crippen MR) is 83.7 cm³/mol. The van der Waals surface area contributed by atoms with Crippen LogP contribution in [0.15, 0.2) is 61.1 Å². The molecule has 0 aliphatic carbocycles. The lowest BCUT2D eigenvalue weighted by Crippen LogP contribution is -1.89. The fraction of sp³-hybridized carbons (Fsp3) is 0.0588. The number of H-pyrrole nitrogens is 1. The highest BCUT2D eigenvalue weighted by Gasteiger charge is 2.11. The standard InChI is InChI=1S/C17H14N4/c1-21-10-2-3-16(21)17-14-11-13(4-5-15(14)19-20-17)12-6-8-18-9-7-12/h2-11H,1H3,(H,19,20). The Balaban J connectivity index is 1.93. The first kappa shape index (κ1) is 11.9. The summed E-state index contributed by atoms with van der Waals surface area (Å²) >= 11 is 0. The van der Waals surface area contributed by atoms with E-state index in [1.165, 1.54) is 5.56 Å². The van der Waals surface area contributed by atoms with Crippen molar-refractivity contribution in [3.63, 3.8) is 0 Å². The van der Waals surface area contributed by atoms with E-state index in [2.05, 4.69) is 44.0 Å². The molecule has 0 saturated heterocycles. The summed E-state index contributed by atoms with van der Waals surface area (Å²) in [6.45, 7) is 0. The van der Waals surface area contributed by atoms with Gasteiger partial charge >= 0.3 is 0 Å². The molecule has 0 aliphatic rings. The van der Waals surface area contributed by atoms with Crippen molar-refractivity contribution in [1.29, 1.82) is 0 Å². The van der Waals surface area contributed by atoms with Crippen LogP contribution in [0.1, 0.15) is 0 Å². The molecule has 0 unspecified atom stereocenters. The number of aromatic nitrogens is 4. The van der Waals surface area contributed by atoms with Crippen LogP contribution in [0.5, 0.6) is 0 Å². The zero-order valence-electron chi connectivity index (χ0n) is 11.6. The van der Waals surface area contributed by atoms with Crippen LogP contribution in [0.4, 0.5) is 0 Å². The Bertz CT molecular complexity index is 903. The van der Waals surface area contributed by atoms with Gasteiger partial charge in [0.1, 0.15) is 5.69 Å². The van der Waals surface area contributed by atoms with Gasteiger partial charge in [-0.25, -0.2) is 0 Å². The minimum Gasteiger partial charge on any atom is -0.349 e. The fourth-order valence-corrected chi connectivity index (χ4v) is 2.64. The van der Waals surface area contributed by atoms with Gasteiger partial charge in [-0.3, -0.25) is 10.1 Å². The summed E-state index contributed by atoms with van der Waals surface area (Å²) in [5.41, 5.74) is 5.46. The Labute approximate surface area is 122 Å². The summed E-state index contributed by atoms with van der Waals surface area (Å²) in [7, 11) is 2.03. The minimum absolute atomic E-state index is 0.980. The third-order valence-corrected chi connectivity index (χ3v) is 3.76. The van der Waals surface area contributed by atoms with E-state index in [1.807, 2.05) is 43.8 Å². The van der Waals surface area contributed by atoms with Crippen molar-refractivity contribution >= 4 is 10.9 Å². The first-order valence-corrected chi connectivity index (χ1v) is 6.83. The highest BCUT2D eigenvalue weighted by Crippen LogP contribution is 2.30. The molecule has 102 valence electrons. The van der Waals surface area contributed by atoms with E-state index in [4.69, 9.17) is 0 Å². The van der Waals surface area contributed by atoms with Crippen LogP contribution >= 0.6 is 0 Å². The van der Waals surface area contributed by atoms with Gasteiger partial charge in [0, 0.05) is 31.0 Å². The number of nitrogens with one attached hydrogen (secondary N) is 1. The monoisotopic (exact) mass is 274 g/mol. The van der Waals surface area contributed by atoms with E-state index in [0.29, 0.717) is 0 Å². The van der Waals surface area contributed by atoms with Crippen molar-refractivity contribution in [2.75, 3.05) is 0 Å². The van der Waals surface area contributed by atoms with Crippen molar-refractivity contribution in [3.8, 4) is 22.5 Å². The van der Waals surface area contributed by atoms with Crippen molar-refractivity contribution < 1.29 is 0 Å². The van der Waals surface area contributed by atoms with Crippen molar-refractivity contribution in [2.24, 2.45) is 7.05 Å². The molecule has 1 N–H and O–H groups in total. The number of benzene rings is 1. The topological polar surface area (TPSA) is 46.5 Å². The number of aryl methyl sites for hydroxylation is 1. The Kier molecular flexibility index (Phi) is 2.60. The molecule has 0 radical (unpaired) electrons. The first-order chi connectivity index (χ1) is 10.3. The molecule has 4 nitrogen and oxygen atoms in total. The lowest BCUT2D eigenvalue weighted by Gasteiger charge is -2.03. The molecule has 1 aromatic carbocycles. The third-order valence-electron chi connectivity index (χ3n) is 3.76. The van der Waals surface area contributed by atoms with Crippen molar-refractivity contribution in [2.45, 2.75) is 0 Å². The summed E-state index contributed by atoms with van der Waals surface area (Å²) in [4.78, 5) is 4.07. The Morgan fingerprint density at radius 2 is 1.86 bits per heavy atom. The summed E-state index contributed by atoms with van der Waals surface area (Å²) in [6, 6.07) is 14.5. The predicted octanol–water partition coefficient (Wildman–Crippen LogP) is 3.63. The molecular formula is C17H14N4. The molecule has 0 fully saturated rings. The number of hydrogen-bond donors (Lipinski definition) is 1. The molecule has 4 aromatic rings. The molecule has 0 saturated carbocycles. The second-order valence-electron chi connectivity index (χ2n) is 5.07. The Hall–Kier alpha value is -2.88. The first-order valence-electron chi connectivity index (χ1n) is 6.83. The van der Waals surface area contributed by atoms with Gasteiger partial charge in [0.2, 0.25) is 0 Å². The Morgan fingerprint density at radius 3 is 2.62 bits per heavy atom. The van der Waals surface area contributed by atoms with Crippen LogP contribution in [-0.4, -0.2) is 19.7 Å². The van der Waals surface area contributed by atoms with E-state index in [0.717, 1.165) is 27.9 Å². The van der Waals surface area contributed by atoms with Crippen LogP contribution in [0, 0.1) is 0 Å². The maximum absolute atomic E-state index is 4.48. The van der Waals surface area contributed by atoms with Crippen LogP contribution in [-0.2, 0) is 7.05 Å². The maximum atomic E-state index is 4.48. The van der Waals surface area contributed by atoms with Crippen molar-refractivity contribution in [3.05, 3.63) is 61.1 Å². The smallest absolute Gasteiger partial charge is 0.116 e. The van der Waals surface area contributed by atoms with E-state index in [-0.39, 0.29) is 0 Å². The van der Waals surface area contributed by atoms with Gasteiger partial charge in [-0.2, -0.15) is 5.10 Å². The quantitative estimate of drug-likeness (QED) is 0.606. The second kappa shape index (κ2) is 4.59. The number of nitrogens with zero attached hydrogens (tertiary/aromatic N) is 3. The van der Waals surface area contributed by atoms with Crippen molar-refractivity contribution in [1.82, 2.24) is 19.7 Å². The van der Waals surface area contributed by atoms with Crippen LogP contribution < -0.4 is 0 Å². The maximum Gasteiger partial charge on any atom is 0.116 e. The lowest BCUT2D eigenvalue weighted by molar-refractivity contribution is 0.928. The average Bonchev–Trinajstić information content (AvgIpc) is 3.13. The molecule has 0 aliphatic heterocycles. The van der Waals surface area contributed by atoms with E-state index in [1.54, 1.807) is 0 Å². The number of aromatic amines is 1. The highest BCUT2D eigenvalue weighted by molar-refractivity contribution is 5.95. The number of hydrogen-bond acceptors (Lipinski definition) is 2. The third kappa shape index (κ3) is 1.92. The van der Waals surface area contributed by atoms with Gasteiger partial charge in [0.15, 0.2) is 0 Å². The molecule has 0 spiro atoms. The summed E-state index contributed by atoms with van der Waals surface area (Å²) in [5.74, 6) is 0. The highest BCUT2D eigenvalue weighted by atomic mass is 15.1. The molecule has 4 rings (SSSR count). The molecule has 0 bridgehead atoms. The summed E-state index contributed by atoms with van der Waals surface area (Å²) < 4.78 is 2.08. The van der Waals surface area contributed by atoms with Gasteiger partial charge in [-0.1, -0.05) is 6.07 Å². The van der Waals surface area contributed by atoms with Gasteiger partial charge in [-0.05, 0) is 47.5 Å². The van der Waals surface area contributed by atoms with Crippen LogP contribution in [0.25, 0.3) is 33.4 Å². The summed E-state index contributed by atoms with van der Waals surface area (Å²) in [5, 5.41) is 8.71. The molecular weight excluding hydrogens is 260 g/mol. The normalized spacial score (nSPS) is 11.1. The van der Waals surface area contributed by atoms with E-state index in [9.17, 15) is 0 Å². The SMILES string of the molecule is Cn1cccc1-c1n[nH]c2ccc(-c3ccncc3)cc12. The molecule has 4 heteroatoms. The van der Waals surface area contributed by atoms with Gasteiger partial charge in [-0.15, -0.1) is 0 Å². The number of pyridine rings is 1. The number of fused-ring (bicyclic) bond motifs is 1. The average molecular weight is 274 g/mol. The molecule has 3 heterocycles. The van der Waals surface area contributed by atoms with E-state index < -0.39 is 0 Å². The zero-order valence-corrected chi connectivity index (χ0v) is 11.6. The lowest BCUT2D eigenvalue weighted by atomic mass is 10.0. The second-order valence-corrected chi connectivity index (χ2v) is 5.07. The molecule has 0 amide bonds. The molecule has 21 heavy (non-hydrogen) atoms.